The molecule has 6 heteroatoms. The van der Waals surface area contributed by atoms with Crippen molar-refractivity contribution >= 4 is 24.1 Å². The topological polar surface area (TPSA) is 44.8 Å². The minimum atomic E-state index is -3.32. The van der Waals surface area contributed by atoms with E-state index in [0.717, 1.165) is 12.8 Å². The van der Waals surface area contributed by atoms with Gasteiger partial charge in [-0.2, -0.15) is 0 Å². The predicted molar refractivity (Wildman–Crippen MR) is 50.1 cm³/mol. The molecule has 74 valence electrons. The predicted octanol–water partition coefficient (Wildman–Crippen LogP) is 3.27. The van der Waals surface area contributed by atoms with Crippen LogP contribution in [0.5, 0.6) is 0 Å². The van der Waals surface area contributed by atoms with Gasteiger partial charge in [0, 0.05) is 0 Å². The molecule has 0 rings (SSSR count). The Bertz CT molecular complexity index is 140. The van der Waals surface area contributed by atoms with Gasteiger partial charge in [-0.3, -0.25) is 9.05 Å². The van der Waals surface area contributed by atoms with Gasteiger partial charge >= 0.3 is 7.82 Å². The number of phosphoric ester groups is 1. The first-order chi connectivity index (χ1) is 5.68. The van der Waals surface area contributed by atoms with E-state index in [1.54, 1.807) is 0 Å². The fourth-order valence-electron chi connectivity index (χ4n) is 0.483. The van der Waals surface area contributed by atoms with E-state index < -0.39 is 7.82 Å². The van der Waals surface area contributed by atoms with Gasteiger partial charge in [-0.15, -0.1) is 0 Å². The summed E-state index contributed by atoms with van der Waals surface area (Å²) in [6.07, 6.45) is 1.55. The maximum absolute atomic E-state index is 11.4. The second-order valence-electron chi connectivity index (χ2n) is 2.18. The van der Waals surface area contributed by atoms with Crippen LogP contribution in [0.25, 0.3) is 0 Å². The first-order valence-corrected chi connectivity index (χ1v) is 5.98. The number of halogens is 1. The standard InChI is InChI=1S/C6H14BrO4P/c1-3-5-9-12(8,11-7)10-6-4-2/h3-6H2,1-2H3. The fourth-order valence-corrected chi connectivity index (χ4v) is 1.95. The Morgan fingerprint density at radius 2 is 1.58 bits per heavy atom. The van der Waals surface area contributed by atoms with Crippen molar-refractivity contribution in [2.45, 2.75) is 26.7 Å². The second kappa shape index (κ2) is 7.04. The van der Waals surface area contributed by atoms with Crippen LogP contribution in [0.1, 0.15) is 26.7 Å². The van der Waals surface area contributed by atoms with Gasteiger partial charge in [-0.25, -0.2) is 8.18 Å². The quantitative estimate of drug-likeness (QED) is 0.659. The van der Waals surface area contributed by atoms with Crippen LogP contribution in [0.3, 0.4) is 0 Å². The Hall–Kier alpha value is 0.590. The van der Waals surface area contributed by atoms with Crippen molar-refractivity contribution in [3.8, 4) is 0 Å². The minimum Gasteiger partial charge on any atom is -0.286 e. The van der Waals surface area contributed by atoms with Crippen LogP contribution >= 0.6 is 24.1 Å². The molecule has 0 aromatic heterocycles. The molecule has 0 saturated carbocycles. The number of rotatable bonds is 7. The van der Waals surface area contributed by atoms with E-state index in [1.165, 1.54) is 0 Å². The monoisotopic (exact) mass is 260 g/mol. The molecule has 0 N–H and O–H groups in total. The van der Waals surface area contributed by atoms with Crippen molar-refractivity contribution in [1.29, 1.82) is 0 Å². The third-order valence-corrected chi connectivity index (χ3v) is 3.22. The Morgan fingerprint density at radius 3 is 1.83 bits per heavy atom. The van der Waals surface area contributed by atoms with E-state index in [0.29, 0.717) is 13.2 Å². The van der Waals surface area contributed by atoms with Crippen LogP contribution < -0.4 is 0 Å². The molecule has 0 aromatic rings. The Morgan fingerprint density at radius 1 is 1.17 bits per heavy atom. The summed E-state index contributed by atoms with van der Waals surface area (Å²) in [4.78, 5) is 0. The van der Waals surface area contributed by atoms with E-state index in [-0.39, 0.29) is 0 Å². The highest BCUT2D eigenvalue weighted by atomic mass is 79.9. The Balaban J connectivity index is 3.79. The highest BCUT2D eigenvalue weighted by Gasteiger charge is 2.24. The molecule has 0 spiro atoms. The van der Waals surface area contributed by atoms with Gasteiger partial charge in [-0.1, -0.05) is 13.8 Å². The average molecular weight is 261 g/mol. The normalized spacial score (nSPS) is 11.9. The number of hydrogen-bond acceptors (Lipinski definition) is 4. The molecule has 0 aromatic carbocycles. The molecule has 0 radical (unpaired) electrons. The van der Waals surface area contributed by atoms with Crippen LogP contribution in [0, 0.1) is 0 Å². The highest BCUT2D eigenvalue weighted by Crippen LogP contribution is 2.51. The maximum Gasteiger partial charge on any atom is 0.485 e. The van der Waals surface area contributed by atoms with Crippen molar-refractivity contribution in [1.82, 2.24) is 0 Å². The van der Waals surface area contributed by atoms with E-state index >= 15 is 0 Å². The summed E-state index contributed by atoms with van der Waals surface area (Å²) in [5, 5.41) is 0. The lowest BCUT2D eigenvalue weighted by Gasteiger charge is -2.12. The average Bonchev–Trinajstić information content (AvgIpc) is 2.11. The van der Waals surface area contributed by atoms with Crippen LogP contribution in [0.4, 0.5) is 0 Å². The van der Waals surface area contributed by atoms with E-state index in [9.17, 15) is 4.57 Å². The molecule has 0 saturated heterocycles. The van der Waals surface area contributed by atoms with Gasteiger partial charge in [0.2, 0.25) is 0 Å². The third kappa shape index (κ3) is 5.27. The molecule has 0 bridgehead atoms. The van der Waals surface area contributed by atoms with Gasteiger partial charge in [0.15, 0.2) is 0 Å². The Labute approximate surface area is 81.6 Å². The molecule has 12 heavy (non-hydrogen) atoms. The van der Waals surface area contributed by atoms with Crippen LogP contribution in [-0.4, -0.2) is 13.2 Å². The van der Waals surface area contributed by atoms with Crippen molar-refractivity contribution in [2.75, 3.05) is 13.2 Å². The largest absolute Gasteiger partial charge is 0.485 e. The van der Waals surface area contributed by atoms with Gasteiger partial charge in [0.05, 0.1) is 13.2 Å². The SMILES string of the molecule is CCCOP(=O)(OBr)OCCC. The van der Waals surface area contributed by atoms with Crippen LogP contribution in [0.2, 0.25) is 0 Å². The summed E-state index contributed by atoms with van der Waals surface area (Å²) in [6.45, 7) is 4.57. The van der Waals surface area contributed by atoms with Crippen LogP contribution in [-0.2, 0) is 17.2 Å². The van der Waals surface area contributed by atoms with Crippen molar-refractivity contribution in [3.05, 3.63) is 0 Å². The zero-order valence-corrected chi connectivity index (χ0v) is 9.77. The molecule has 0 aliphatic carbocycles. The lowest BCUT2D eigenvalue weighted by Crippen LogP contribution is -1.97. The molecule has 0 fully saturated rings. The first kappa shape index (κ1) is 12.6. The number of hydrogen-bond donors (Lipinski definition) is 0. The molecule has 0 aliphatic rings. The maximum atomic E-state index is 11.4. The summed E-state index contributed by atoms with van der Waals surface area (Å²) in [5.74, 6) is 0. The molecule has 0 aliphatic heterocycles. The second-order valence-corrected chi connectivity index (χ2v) is 4.60. The van der Waals surface area contributed by atoms with Gasteiger partial charge in [0.1, 0.15) is 16.3 Å². The van der Waals surface area contributed by atoms with Crippen molar-refractivity contribution in [2.24, 2.45) is 0 Å². The molecule has 0 amide bonds. The highest BCUT2D eigenvalue weighted by molar-refractivity contribution is 9.06. The van der Waals surface area contributed by atoms with E-state index in [4.69, 9.17) is 9.05 Å². The van der Waals surface area contributed by atoms with Gasteiger partial charge in [0.25, 0.3) is 0 Å². The van der Waals surface area contributed by atoms with E-state index in [1.807, 2.05) is 13.8 Å². The molecular formula is C6H14BrO4P. The van der Waals surface area contributed by atoms with E-state index in [2.05, 4.69) is 19.9 Å². The Kier molecular flexibility index (Phi) is 7.38. The lowest BCUT2D eigenvalue weighted by molar-refractivity contribution is 0.165. The lowest BCUT2D eigenvalue weighted by atomic mass is 10.5. The molecule has 4 nitrogen and oxygen atoms in total. The fraction of sp³-hybridized carbons (Fsp3) is 1.00. The van der Waals surface area contributed by atoms with Crippen molar-refractivity contribution < 1.29 is 17.2 Å². The minimum absolute atomic E-state index is 0.368. The van der Waals surface area contributed by atoms with Crippen molar-refractivity contribution in [3.63, 3.8) is 0 Å². The van der Waals surface area contributed by atoms with Crippen LogP contribution in [0.15, 0.2) is 0 Å². The molecule has 0 unspecified atom stereocenters. The summed E-state index contributed by atoms with van der Waals surface area (Å²) < 4.78 is 25.6. The summed E-state index contributed by atoms with van der Waals surface area (Å²) >= 11 is 2.62. The summed E-state index contributed by atoms with van der Waals surface area (Å²) in [6, 6.07) is 0. The zero-order valence-electron chi connectivity index (χ0n) is 7.29. The molecule has 0 atom stereocenters. The van der Waals surface area contributed by atoms with Gasteiger partial charge < -0.3 is 0 Å². The number of phosphoric acid groups is 1. The summed E-state index contributed by atoms with van der Waals surface area (Å²) in [7, 11) is -3.32. The smallest absolute Gasteiger partial charge is 0.286 e. The van der Waals surface area contributed by atoms with Gasteiger partial charge in [-0.05, 0) is 12.8 Å². The zero-order chi connectivity index (χ0) is 9.45. The molecular weight excluding hydrogens is 247 g/mol. The summed E-state index contributed by atoms with van der Waals surface area (Å²) in [5.41, 5.74) is 0. The molecule has 0 heterocycles. The third-order valence-electron chi connectivity index (χ3n) is 0.992. The first-order valence-electron chi connectivity index (χ1n) is 3.88.